The summed E-state index contributed by atoms with van der Waals surface area (Å²) >= 11 is 0. The van der Waals surface area contributed by atoms with Gasteiger partial charge in [-0.3, -0.25) is 14.6 Å². The van der Waals surface area contributed by atoms with E-state index in [0.717, 1.165) is 5.56 Å². The molecule has 2 aromatic carbocycles. The van der Waals surface area contributed by atoms with E-state index in [-0.39, 0.29) is 25.5 Å². The van der Waals surface area contributed by atoms with E-state index in [0.29, 0.717) is 22.7 Å². The lowest BCUT2D eigenvalue weighted by Crippen LogP contribution is -2.33. The molecule has 0 spiro atoms. The number of amides is 2. The minimum atomic E-state index is -0.413. The van der Waals surface area contributed by atoms with Gasteiger partial charge in [-0.15, -0.1) is 0 Å². The molecule has 7 nitrogen and oxygen atoms in total. The second-order valence-electron chi connectivity index (χ2n) is 6.65. The Balaban J connectivity index is 1.53. The molecule has 3 aromatic rings. The van der Waals surface area contributed by atoms with Crippen LogP contribution in [0.1, 0.15) is 11.1 Å². The minimum absolute atomic E-state index is 0.0140. The Morgan fingerprint density at radius 3 is 2.58 bits per heavy atom. The highest BCUT2D eigenvalue weighted by Crippen LogP contribution is 2.30. The molecule has 0 saturated heterocycles. The summed E-state index contributed by atoms with van der Waals surface area (Å²) in [6.07, 6.45) is 3.36. The Kier molecular flexibility index (Phi) is 7.53. The van der Waals surface area contributed by atoms with Crippen LogP contribution in [0.25, 0.3) is 0 Å². The molecule has 8 heteroatoms. The maximum atomic E-state index is 13.2. The number of pyridine rings is 1. The van der Waals surface area contributed by atoms with E-state index >= 15 is 0 Å². The van der Waals surface area contributed by atoms with Crippen LogP contribution < -0.4 is 20.1 Å². The molecule has 0 fully saturated rings. The molecule has 2 amide bonds. The molecule has 1 heterocycles. The van der Waals surface area contributed by atoms with E-state index in [4.69, 9.17) is 9.47 Å². The number of halogens is 1. The van der Waals surface area contributed by atoms with E-state index in [1.54, 1.807) is 36.7 Å². The van der Waals surface area contributed by atoms with Gasteiger partial charge in [-0.25, -0.2) is 4.39 Å². The lowest BCUT2D eigenvalue weighted by atomic mass is 10.1. The summed E-state index contributed by atoms with van der Waals surface area (Å²) in [7, 11) is 1.53. The summed E-state index contributed by atoms with van der Waals surface area (Å²) in [5.41, 5.74) is 1.91. The van der Waals surface area contributed by atoms with Gasteiger partial charge >= 0.3 is 0 Å². The number of hydrogen-bond acceptors (Lipinski definition) is 5. The lowest BCUT2D eigenvalue weighted by molar-refractivity contribution is -0.123. The molecule has 2 N–H and O–H groups in total. The van der Waals surface area contributed by atoms with Gasteiger partial charge in [0.2, 0.25) is 11.8 Å². The largest absolute Gasteiger partial charge is 0.493 e. The second-order valence-corrected chi connectivity index (χ2v) is 6.65. The number of ether oxygens (including phenoxy) is 2. The van der Waals surface area contributed by atoms with Gasteiger partial charge in [0.25, 0.3) is 0 Å². The number of anilines is 1. The first-order chi connectivity index (χ1) is 15.0. The van der Waals surface area contributed by atoms with Crippen molar-refractivity contribution in [3.63, 3.8) is 0 Å². The smallest absolute Gasteiger partial charge is 0.243 e. The third-order valence-corrected chi connectivity index (χ3v) is 4.26. The van der Waals surface area contributed by atoms with Crippen LogP contribution in [-0.4, -0.2) is 30.5 Å². The van der Waals surface area contributed by atoms with Crippen LogP contribution in [0.3, 0.4) is 0 Å². The molecule has 31 heavy (non-hydrogen) atoms. The topological polar surface area (TPSA) is 89.6 Å². The molecule has 0 unspecified atom stereocenters. The number of carbonyl (C=O) groups excluding carboxylic acids is 2. The van der Waals surface area contributed by atoms with Crippen molar-refractivity contribution < 1.29 is 23.5 Å². The predicted molar refractivity (Wildman–Crippen MR) is 113 cm³/mol. The number of methoxy groups -OCH3 is 1. The van der Waals surface area contributed by atoms with Crippen molar-refractivity contribution in [2.45, 2.75) is 13.0 Å². The number of carbonyl (C=O) groups is 2. The maximum Gasteiger partial charge on any atom is 0.243 e. The molecule has 0 radical (unpaired) electrons. The molecule has 0 saturated carbocycles. The van der Waals surface area contributed by atoms with E-state index in [1.165, 1.54) is 25.3 Å². The van der Waals surface area contributed by atoms with Gasteiger partial charge in [0.05, 0.1) is 20.1 Å². The third-order valence-electron chi connectivity index (χ3n) is 4.26. The molecule has 160 valence electrons. The van der Waals surface area contributed by atoms with Crippen molar-refractivity contribution in [2.24, 2.45) is 0 Å². The normalized spacial score (nSPS) is 10.3. The zero-order valence-corrected chi connectivity index (χ0v) is 16.9. The SMILES string of the molecule is COc1ccc(NC(=O)CNC(=O)Cc2cccc(F)c2)cc1OCc1cccnc1. The average molecular weight is 423 g/mol. The Hall–Kier alpha value is -3.94. The van der Waals surface area contributed by atoms with Crippen molar-refractivity contribution in [2.75, 3.05) is 19.0 Å². The van der Waals surface area contributed by atoms with Crippen molar-refractivity contribution >= 4 is 17.5 Å². The van der Waals surface area contributed by atoms with Crippen molar-refractivity contribution in [1.29, 1.82) is 0 Å². The van der Waals surface area contributed by atoms with Gasteiger partial charge < -0.3 is 20.1 Å². The van der Waals surface area contributed by atoms with Gasteiger partial charge in [0.15, 0.2) is 11.5 Å². The van der Waals surface area contributed by atoms with Gasteiger partial charge in [0, 0.05) is 29.7 Å². The highest BCUT2D eigenvalue weighted by atomic mass is 19.1. The van der Waals surface area contributed by atoms with E-state index in [2.05, 4.69) is 15.6 Å². The molecule has 0 atom stereocenters. The first kappa shape index (κ1) is 21.8. The Morgan fingerprint density at radius 1 is 1.00 bits per heavy atom. The molecule has 0 bridgehead atoms. The summed E-state index contributed by atoms with van der Waals surface area (Å²) < 4.78 is 24.3. The Bertz CT molecular complexity index is 1040. The molecule has 1 aromatic heterocycles. The zero-order valence-electron chi connectivity index (χ0n) is 16.9. The van der Waals surface area contributed by atoms with E-state index in [9.17, 15) is 14.0 Å². The standard InChI is InChI=1S/C23H22FN3O4/c1-30-20-8-7-19(12-21(20)31-15-17-5-3-9-25-13-17)27-23(29)14-26-22(28)11-16-4-2-6-18(24)10-16/h2-10,12-13H,11,14-15H2,1H3,(H,26,28)(H,27,29). The maximum absolute atomic E-state index is 13.2. The fourth-order valence-electron chi connectivity index (χ4n) is 2.79. The highest BCUT2D eigenvalue weighted by Gasteiger charge is 2.11. The van der Waals surface area contributed by atoms with Crippen molar-refractivity contribution in [3.8, 4) is 11.5 Å². The predicted octanol–water partition coefficient (Wildman–Crippen LogP) is 3.11. The van der Waals surface area contributed by atoms with Gasteiger partial charge in [-0.2, -0.15) is 0 Å². The second kappa shape index (κ2) is 10.7. The van der Waals surface area contributed by atoms with E-state index < -0.39 is 11.7 Å². The first-order valence-corrected chi connectivity index (χ1v) is 9.54. The molecule has 0 aliphatic rings. The molecular weight excluding hydrogens is 401 g/mol. The summed E-state index contributed by atoms with van der Waals surface area (Å²) in [5, 5.41) is 5.22. The van der Waals surface area contributed by atoms with E-state index in [1.807, 2.05) is 12.1 Å². The number of benzene rings is 2. The fourth-order valence-corrected chi connectivity index (χ4v) is 2.79. The van der Waals surface area contributed by atoms with Gasteiger partial charge in [-0.05, 0) is 35.9 Å². The number of nitrogens with one attached hydrogen (secondary N) is 2. The summed E-state index contributed by atoms with van der Waals surface area (Å²) in [6, 6.07) is 14.4. The van der Waals surface area contributed by atoms with Crippen LogP contribution in [-0.2, 0) is 22.6 Å². The number of aromatic nitrogens is 1. The lowest BCUT2D eigenvalue weighted by Gasteiger charge is -2.13. The number of nitrogens with zero attached hydrogens (tertiary/aromatic N) is 1. The third kappa shape index (κ3) is 6.81. The quantitative estimate of drug-likeness (QED) is 0.552. The van der Waals surface area contributed by atoms with Crippen LogP contribution in [0.15, 0.2) is 67.0 Å². The average Bonchev–Trinajstić information content (AvgIpc) is 2.77. The van der Waals surface area contributed by atoms with Crippen LogP contribution >= 0.6 is 0 Å². The Morgan fingerprint density at radius 2 is 1.84 bits per heavy atom. The highest BCUT2D eigenvalue weighted by molar-refractivity contribution is 5.95. The van der Waals surface area contributed by atoms with Gasteiger partial charge in [0.1, 0.15) is 12.4 Å². The van der Waals surface area contributed by atoms with Crippen LogP contribution in [0, 0.1) is 5.82 Å². The van der Waals surface area contributed by atoms with Crippen LogP contribution in [0.2, 0.25) is 0 Å². The fraction of sp³-hybridized carbons (Fsp3) is 0.174. The monoisotopic (exact) mass is 423 g/mol. The minimum Gasteiger partial charge on any atom is -0.493 e. The number of hydrogen-bond donors (Lipinski definition) is 2. The molecular formula is C23H22FN3O4. The molecule has 3 rings (SSSR count). The molecule has 0 aliphatic carbocycles. The van der Waals surface area contributed by atoms with Crippen LogP contribution in [0.5, 0.6) is 11.5 Å². The number of rotatable bonds is 9. The first-order valence-electron chi connectivity index (χ1n) is 9.54. The van der Waals surface area contributed by atoms with Crippen molar-refractivity contribution in [1.82, 2.24) is 10.3 Å². The van der Waals surface area contributed by atoms with Crippen LogP contribution in [0.4, 0.5) is 10.1 Å². The summed E-state index contributed by atoms with van der Waals surface area (Å²) in [4.78, 5) is 28.2. The summed E-state index contributed by atoms with van der Waals surface area (Å²) in [6.45, 7) is 0.0732. The van der Waals surface area contributed by atoms with Crippen molar-refractivity contribution in [3.05, 3.63) is 83.9 Å². The summed E-state index contributed by atoms with van der Waals surface area (Å²) in [5.74, 6) is -0.222. The van der Waals surface area contributed by atoms with Gasteiger partial charge in [-0.1, -0.05) is 18.2 Å². The molecule has 0 aliphatic heterocycles. The Labute approximate surface area is 179 Å². The zero-order chi connectivity index (χ0) is 22.1.